The second-order valence-corrected chi connectivity index (χ2v) is 9.54. The van der Waals surface area contributed by atoms with Crippen LogP contribution in [0.1, 0.15) is 51.9 Å². The Morgan fingerprint density at radius 3 is 2.25 bits per heavy atom. The van der Waals surface area contributed by atoms with Gasteiger partial charge in [0.1, 0.15) is 6.04 Å². The summed E-state index contributed by atoms with van der Waals surface area (Å²) in [6.07, 6.45) is 1.83. The van der Waals surface area contributed by atoms with Crippen LogP contribution in [0.25, 0.3) is 0 Å². The Morgan fingerprint density at radius 2 is 1.62 bits per heavy atom. The fraction of sp³-hybridized carbons (Fsp3) is 0.737. The van der Waals surface area contributed by atoms with Crippen LogP contribution in [0.4, 0.5) is 0 Å². The average Bonchev–Trinajstić information content (AvgIpc) is 2.72. The van der Waals surface area contributed by atoms with Crippen molar-refractivity contribution in [3.63, 3.8) is 0 Å². The number of carboxylic acids is 2. The molecule has 0 saturated heterocycles. The van der Waals surface area contributed by atoms with E-state index in [4.69, 9.17) is 15.9 Å². The second-order valence-electron chi connectivity index (χ2n) is 6.91. The highest BCUT2D eigenvalue weighted by Gasteiger charge is 2.20. The van der Waals surface area contributed by atoms with Gasteiger partial charge in [-0.3, -0.25) is 19.2 Å². The molecule has 0 radical (unpaired) electrons. The summed E-state index contributed by atoms with van der Waals surface area (Å²) in [6, 6.07) is -1.87. The molecule has 0 fully saturated rings. The summed E-state index contributed by atoms with van der Waals surface area (Å²) < 4.78 is 0. The van der Waals surface area contributed by atoms with E-state index >= 15 is 0 Å². The van der Waals surface area contributed by atoms with Gasteiger partial charge in [-0.25, -0.2) is 4.79 Å². The number of hydrogen-bond acceptors (Lipinski definition) is 8. The maximum Gasteiger partial charge on any atom is 0.326 e. The average molecular weight is 495 g/mol. The molecular formula is C19H34N4O7S2. The van der Waals surface area contributed by atoms with E-state index in [1.165, 1.54) is 21.6 Å². The maximum atomic E-state index is 12.0. The van der Waals surface area contributed by atoms with Gasteiger partial charge in [0, 0.05) is 43.9 Å². The van der Waals surface area contributed by atoms with Gasteiger partial charge in [-0.2, -0.15) is 0 Å². The highest BCUT2D eigenvalue weighted by molar-refractivity contribution is 8.76. The van der Waals surface area contributed by atoms with Crippen molar-refractivity contribution in [1.29, 1.82) is 0 Å². The highest BCUT2D eigenvalue weighted by atomic mass is 33.1. The minimum absolute atomic E-state index is 0.0000110. The first kappa shape index (κ1) is 30.0. The zero-order valence-electron chi connectivity index (χ0n) is 18.3. The molecule has 0 heterocycles. The topological polar surface area (TPSA) is 188 Å². The van der Waals surface area contributed by atoms with Crippen LogP contribution in [-0.4, -0.2) is 76.6 Å². The third-order valence-electron chi connectivity index (χ3n) is 4.11. The van der Waals surface area contributed by atoms with Crippen molar-refractivity contribution >= 4 is 51.2 Å². The number of rotatable bonds is 19. The van der Waals surface area contributed by atoms with Gasteiger partial charge in [-0.1, -0.05) is 28.0 Å². The normalized spacial score (nSPS) is 12.4. The summed E-state index contributed by atoms with van der Waals surface area (Å²) in [5.41, 5.74) is 5.84. The van der Waals surface area contributed by atoms with Crippen LogP contribution >= 0.6 is 21.6 Å². The molecule has 0 saturated carbocycles. The Labute approximate surface area is 195 Å². The Kier molecular flexibility index (Phi) is 17.4. The predicted molar refractivity (Wildman–Crippen MR) is 124 cm³/mol. The summed E-state index contributed by atoms with van der Waals surface area (Å²) in [6.45, 7) is 2.88. The number of nitrogens with two attached hydrogens (primary N) is 1. The largest absolute Gasteiger partial charge is 0.481 e. The summed E-state index contributed by atoms with van der Waals surface area (Å²) >= 11 is 0. The van der Waals surface area contributed by atoms with Crippen molar-refractivity contribution in [2.24, 2.45) is 5.73 Å². The Bertz CT molecular complexity index is 622. The van der Waals surface area contributed by atoms with Crippen LogP contribution in [0.3, 0.4) is 0 Å². The van der Waals surface area contributed by atoms with Gasteiger partial charge in [-0.15, -0.1) is 0 Å². The standard InChI is InChI=1S/C19H34N4O7S2/c1-2-21-15(24)9-11-31-32-12-13(20)18(28)22-10-5-3-4-6-16(25)23-14(19(29)30)7-8-17(26)27/h13-14H,2-12,20H2,1H3,(H,21,24)(H,22,28)(H,23,25)(H,26,27)(H,29,30). The molecule has 0 rings (SSSR count). The Morgan fingerprint density at radius 1 is 0.906 bits per heavy atom. The van der Waals surface area contributed by atoms with Gasteiger partial charge >= 0.3 is 11.9 Å². The molecule has 0 aliphatic rings. The number of carboxylic acid groups (broad SMARTS) is 2. The number of carbonyl (C=O) groups excluding carboxylic acids is 3. The number of unbranched alkanes of at least 4 members (excludes halogenated alkanes) is 2. The van der Waals surface area contributed by atoms with Crippen molar-refractivity contribution in [2.75, 3.05) is 24.6 Å². The van der Waals surface area contributed by atoms with E-state index in [-0.39, 0.29) is 31.1 Å². The lowest BCUT2D eigenvalue weighted by atomic mass is 10.1. The lowest BCUT2D eigenvalue weighted by Gasteiger charge is -2.13. The first-order valence-electron chi connectivity index (χ1n) is 10.5. The van der Waals surface area contributed by atoms with E-state index in [0.29, 0.717) is 50.3 Å². The van der Waals surface area contributed by atoms with Crippen molar-refractivity contribution in [3.8, 4) is 0 Å². The number of amides is 3. The molecule has 3 amide bonds. The van der Waals surface area contributed by atoms with Gasteiger partial charge in [0.15, 0.2) is 0 Å². The number of nitrogens with one attached hydrogen (secondary N) is 3. The molecule has 184 valence electrons. The van der Waals surface area contributed by atoms with Crippen molar-refractivity contribution in [1.82, 2.24) is 16.0 Å². The summed E-state index contributed by atoms with van der Waals surface area (Å²) in [7, 11) is 2.94. The van der Waals surface area contributed by atoms with Crippen LogP contribution < -0.4 is 21.7 Å². The molecule has 11 nitrogen and oxygen atoms in total. The molecule has 0 aromatic heterocycles. The number of carbonyl (C=O) groups is 5. The quantitative estimate of drug-likeness (QED) is 0.108. The molecule has 0 bridgehead atoms. The minimum Gasteiger partial charge on any atom is -0.481 e. The summed E-state index contributed by atoms with van der Waals surface area (Å²) in [4.78, 5) is 56.7. The zero-order valence-corrected chi connectivity index (χ0v) is 19.9. The first-order valence-corrected chi connectivity index (χ1v) is 12.9. The second kappa shape index (κ2) is 18.6. The molecule has 0 spiro atoms. The Hall–Kier alpha value is -1.99. The minimum atomic E-state index is -1.27. The molecule has 0 aliphatic heterocycles. The van der Waals surface area contributed by atoms with Crippen molar-refractivity contribution in [3.05, 3.63) is 0 Å². The van der Waals surface area contributed by atoms with Crippen molar-refractivity contribution < 1.29 is 34.2 Å². The van der Waals surface area contributed by atoms with E-state index in [2.05, 4.69) is 16.0 Å². The summed E-state index contributed by atoms with van der Waals surface area (Å²) in [5.74, 6) is -2.03. The smallest absolute Gasteiger partial charge is 0.326 e. The molecule has 13 heteroatoms. The molecule has 7 N–H and O–H groups in total. The van der Waals surface area contributed by atoms with Gasteiger partial charge in [0.25, 0.3) is 0 Å². The van der Waals surface area contributed by atoms with E-state index in [0.717, 1.165) is 0 Å². The van der Waals surface area contributed by atoms with Crippen LogP contribution in [0.5, 0.6) is 0 Å². The third kappa shape index (κ3) is 16.7. The van der Waals surface area contributed by atoms with Crippen LogP contribution in [0.15, 0.2) is 0 Å². The lowest BCUT2D eigenvalue weighted by Crippen LogP contribution is -2.42. The SMILES string of the molecule is CCNC(=O)CCSSCC(N)C(=O)NCCCCCC(=O)NC(CCC(=O)O)C(=O)O. The molecular weight excluding hydrogens is 460 g/mol. The molecule has 0 aliphatic carbocycles. The van der Waals surface area contributed by atoms with Crippen molar-refractivity contribution in [2.45, 2.75) is 64.0 Å². The fourth-order valence-corrected chi connectivity index (χ4v) is 4.51. The van der Waals surface area contributed by atoms with Gasteiger partial charge in [0.2, 0.25) is 17.7 Å². The number of aliphatic carboxylic acids is 2. The predicted octanol–water partition coefficient (Wildman–Crippen LogP) is 0.332. The van der Waals surface area contributed by atoms with Gasteiger partial charge < -0.3 is 31.9 Å². The first-order chi connectivity index (χ1) is 15.2. The van der Waals surface area contributed by atoms with E-state index < -0.39 is 29.9 Å². The molecule has 0 aromatic rings. The summed E-state index contributed by atoms with van der Waals surface area (Å²) in [5, 5.41) is 25.4. The van der Waals surface area contributed by atoms with E-state index in [1.54, 1.807) is 0 Å². The van der Waals surface area contributed by atoms with Gasteiger partial charge in [-0.05, 0) is 26.2 Å². The highest BCUT2D eigenvalue weighted by Crippen LogP contribution is 2.22. The number of hydrogen-bond donors (Lipinski definition) is 6. The maximum absolute atomic E-state index is 12.0. The van der Waals surface area contributed by atoms with Crippen LogP contribution in [0.2, 0.25) is 0 Å². The monoisotopic (exact) mass is 494 g/mol. The zero-order chi connectivity index (χ0) is 24.4. The van der Waals surface area contributed by atoms with Gasteiger partial charge in [0.05, 0.1) is 6.04 Å². The molecule has 2 atom stereocenters. The van der Waals surface area contributed by atoms with E-state index in [9.17, 15) is 24.0 Å². The van der Waals surface area contributed by atoms with E-state index in [1.807, 2.05) is 6.92 Å². The van der Waals surface area contributed by atoms with Crippen LogP contribution in [0, 0.1) is 0 Å². The molecule has 32 heavy (non-hydrogen) atoms. The molecule has 0 aromatic carbocycles. The fourth-order valence-electron chi connectivity index (χ4n) is 2.40. The third-order valence-corrected chi connectivity index (χ3v) is 6.56. The Balaban J connectivity index is 3.81. The van der Waals surface area contributed by atoms with Crippen LogP contribution in [-0.2, 0) is 24.0 Å². The lowest BCUT2D eigenvalue weighted by molar-refractivity contribution is -0.143. The molecule has 2 unspecified atom stereocenters.